The van der Waals surface area contributed by atoms with Crippen molar-refractivity contribution in [2.45, 2.75) is 27.2 Å². The molecule has 0 fully saturated rings. The standard InChI is InChI=1S/C10H16N2O2S/c1-4-6(2)5-11-10-12-7(3)8(15-10)9(13)14/h6H,4-5H2,1-3H3,(H,11,12)(H,13,14). The van der Waals surface area contributed by atoms with Crippen LogP contribution in [0.25, 0.3) is 0 Å². The molecule has 1 aromatic rings. The average molecular weight is 228 g/mol. The van der Waals surface area contributed by atoms with E-state index in [4.69, 9.17) is 5.11 Å². The molecular formula is C10H16N2O2S. The zero-order valence-electron chi connectivity index (χ0n) is 9.20. The summed E-state index contributed by atoms with van der Waals surface area (Å²) in [5.41, 5.74) is 0.583. The molecule has 1 heterocycles. The molecule has 15 heavy (non-hydrogen) atoms. The molecule has 5 heteroatoms. The van der Waals surface area contributed by atoms with Crippen molar-refractivity contribution in [1.82, 2.24) is 4.98 Å². The fraction of sp³-hybridized carbons (Fsp3) is 0.600. The van der Waals surface area contributed by atoms with Gasteiger partial charge >= 0.3 is 5.97 Å². The third kappa shape index (κ3) is 3.20. The Morgan fingerprint density at radius 3 is 2.80 bits per heavy atom. The molecule has 0 aliphatic carbocycles. The first-order valence-electron chi connectivity index (χ1n) is 4.99. The molecule has 1 rings (SSSR count). The number of anilines is 1. The highest BCUT2D eigenvalue weighted by molar-refractivity contribution is 7.17. The van der Waals surface area contributed by atoms with Gasteiger partial charge in [0, 0.05) is 6.54 Å². The molecule has 1 atom stereocenters. The number of aromatic nitrogens is 1. The number of rotatable bonds is 5. The lowest BCUT2D eigenvalue weighted by Gasteiger charge is -2.07. The van der Waals surface area contributed by atoms with Gasteiger partial charge in [0.25, 0.3) is 0 Å². The summed E-state index contributed by atoms with van der Waals surface area (Å²) in [5.74, 6) is -0.330. The van der Waals surface area contributed by atoms with Gasteiger partial charge in [-0.05, 0) is 12.8 Å². The fourth-order valence-electron chi connectivity index (χ4n) is 1.08. The highest BCUT2D eigenvalue weighted by Crippen LogP contribution is 2.22. The number of aromatic carboxylic acids is 1. The molecule has 0 saturated carbocycles. The highest BCUT2D eigenvalue weighted by atomic mass is 32.1. The molecule has 0 spiro atoms. The Morgan fingerprint density at radius 1 is 1.67 bits per heavy atom. The van der Waals surface area contributed by atoms with Crippen molar-refractivity contribution in [2.75, 3.05) is 11.9 Å². The first-order valence-corrected chi connectivity index (χ1v) is 5.80. The van der Waals surface area contributed by atoms with Crippen molar-refractivity contribution in [3.05, 3.63) is 10.6 Å². The van der Waals surface area contributed by atoms with Crippen LogP contribution in [-0.4, -0.2) is 22.6 Å². The van der Waals surface area contributed by atoms with Gasteiger partial charge in [-0.25, -0.2) is 9.78 Å². The van der Waals surface area contributed by atoms with Gasteiger partial charge in [0.2, 0.25) is 0 Å². The minimum atomic E-state index is -0.901. The van der Waals surface area contributed by atoms with Crippen LogP contribution < -0.4 is 5.32 Å². The molecular weight excluding hydrogens is 212 g/mol. The Balaban J connectivity index is 2.63. The highest BCUT2D eigenvalue weighted by Gasteiger charge is 2.13. The van der Waals surface area contributed by atoms with E-state index in [0.717, 1.165) is 13.0 Å². The Morgan fingerprint density at radius 2 is 2.33 bits per heavy atom. The zero-order valence-corrected chi connectivity index (χ0v) is 10.0. The Hall–Kier alpha value is -1.10. The maximum atomic E-state index is 10.8. The lowest BCUT2D eigenvalue weighted by atomic mass is 10.1. The molecule has 4 nitrogen and oxygen atoms in total. The van der Waals surface area contributed by atoms with E-state index in [1.165, 1.54) is 11.3 Å². The third-order valence-corrected chi connectivity index (χ3v) is 3.39. The van der Waals surface area contributed by atoms with Crippen LogP contribution in [0.4, 0.5) is 5.13 Å². The topological polar surface area (TPSA) is 62.2 Å². The number of hydrogen-bond acceptors (Lipinski definition) is 4. The summed E-state index contributed by atoms with van der Waals surface area (Å²) >= 11 is 1.20. The van der Waals surface area contributed by atoms with Gasteiger partial charge in [-0.2, -0.15) is 0 Å². The number of carbonyl (C=O) groups is 1. The molecule has 0 bridgehead atoms. The van der Waals surface area contributed by atoms with Crippen LogP contribution in [-0.2, 0) is 0 Å². The zero-order chi connectivity index (χ0) is 11.4. The van der Waals surface area contributed by atoms with Gasteiger partial charge in [-0.15, -0.1) is 0 Å². The van der Waals surface area contributed by atoms with Gasteiger partial charge in [0.1, 0.15) is 4.88 Å². The fourth-order valence-corrected chi connectivity index (χ4v) is 1.89. The Bertz CT molecular complexity index is 349. The summed E-state index contributed by atoms with van der Waals surface area (Å²) in [7, 11) is 0. The van der Waals surface area contributed by atoms with Gasteiger partial charge in [0.05, 0.1) is 5.69 Å². The number of carboxylic acid groups (broad SMARTS) is 1. The SMILES string of the molecule is CCC(C)CNc1nc(C)c(C(=O)O)s1. The summed E-state index contributed by atoms with van der Waals surface area (Å²) in [6, 6.07) is 0. The second kappa shape index (κ2) is 5.11. The monoisotopic (exact) mass is 228 g/mol. The van der Waals surface area contributed by atoms with Crippen molar-refractivity contribution in [2.24, 2.45) is 5.92 Å². The van der Waals surface area contributed by atoms with Crippen LogP contribution in [0.1, 0.15) is 35.6 Å². The van der Waals surface area contributed by atoms with Crippen LogP contribution in [0, 0.1) is 12.8 Å². The van der Waals surface area contributed by atoms with E-state index in [1.54, 1.807) is 6.92 Å². The molecule has 84 valence electrons. The normalized spacial score (nSPS) is 12.5. The Labute approximate surface area is 93.4 Å². The minimum absolute atomic E-state index is 0.321. The summed E-state index contributed by atoms with van der Waals surface area (Å²) in [4.78, 5) is 15.3. The van der Waals surface area contributed by atoms with Crippen LogP contribution in [0.5, 0.6) is 0 Å². The molecule has 0 radical (unpaired) electrons. The first-order chi connectivity index (χ1) is 7.04. The van der Waals surface area contributed by atoms with Gasteiger partial charge < -0.3 is 10.4 Å². The quantitative estimate of drug-likeness (QED) is 0.813. The van der Waals surface area contributed by atoms with Crippen LogP contribution >= 0.6 is 11.3 Å². The van der Waals surface area contributed by atoms with E-state index in [-0.39, 0.29) is 0 Å². The number of nitrogens with one attached hydrogen (secondary N) is 1. The van der Waals surface area contributed by atoms with E-state index in [9.17, 15) is 4.79 Å². The van der Waals surface area contributed by atoms with E-state index >= 15 is 0 Å². The molecule has 0 aliphatic heterocycles. The van der Waals surface area contributed by atoms with Crippen LogP contribution in [0.15, 0.2) is 0 Å². The lowest BCUT2D eigenvalue weighted by molar-refractivity contribution is 0.0701. The van der Waals surface area contributed by atoms with Gasteiger partial charge in [0.15, 0.2) is 5.13 Å². The molecule has 1 aromatic heterocycles. The van der Waals surface area contributed by atoms with Crippen molar-refractivity contribution in [3.8, 4) is 0 Å². The van der Waals surface area contributed by atoms with Crippen molar-refractivity contribution >= 4 is 22.4 Å². The number of carboxylic acids is 1. The first kappa shape index (κ1) is 12.0. The number of aryl methyl sites for hydroxylation is 1. The summed E-state index contributed by atoms with van der Waals surface area (Å²) in [6.45, 7) is 6.82. The minimum Gasteiger partial charge on any atom is -0.477 e. The van der Waals surface area contributed by atoms with Crippen LogP contribution in [0.2, 0.25) is 0 Å². The second-order valence-electron chi connectivity index (χ2n) is 3.63. The molecule has 0 amide bonds. The van der Waals surface area contributed by atoms with Crippen LogP contribution in [0.3, 0.4) is 0 Å². The second-order valence-corrected chi connectivity index (χ2v) is 4.63. The molecule has 1 unspecified atom stereocenters. The lowest BCUT2D eigenvalue weighted by Crippen LogP contribution is -2.09. The van der Waals surface area contributed by atoms with E-state index in [2.05, 4.69) is 24.1 Å². The van der Waals surface area contributed by atoms with Crippen molar-refractivity contribution < 1.29 is 9.90 Å². The molecule has 0 saturated heterocycles. The van der Waals surface area contributed by atoms with E-state index in [0.29, 0.717) is 21.6 Å². The van der Waals surface area contributed by atoms with E-state index < -0.39 is 5.97 Å². The van der Waals surface area contributed by atoms with E-state index in [1.807, 2.05) is 0 Å². The summed E-state index contributed by atoms with van der Waals surface area (Å²) < 4.78 is 0. The molecule has 2 N–H and O–H groups in total. The largest absolute Gasteiger partial charge is 0.477 e. The average Bonchev–Trinajstić information content (AvgIpc) is 2.56. The summed E-state index contributed by atoms with van der Waals surface area (Å²) in [6.07, 6.45) is 1.10. The summed E-state index contributed by atoms with van der Waals surface area (Å²) in [5, 5.41) is 12.7. The number of hydrogen-bond donors (Lipinski definition) is 2. The molecule has 0 aromatic carbocycles. The number of nitrogens with zero attached hydrogens (tertiary/aromatic N) is 1. The molecule has 0 aliphatic rings. The predicted molar refractivity (Wildman–Crippen MR) is 61.8 cm³/mol. The van der Waals surface area contributed by atoms with Gasteiger partial charge in [-0.1, -0.05) is 31.6 Å². The van der Waals surface area contributed by atoms with Crippen molar-refractivity contribution in [3.63, 3.8) is 0 Å². The predicted octanol–water partition coefficient (Wildman–Crippen LogP) is 2.61. The van der Waals surface area contributed by atoms with Crippen molar-refractivity contribution in [1.29, 1.82) is 0 Å². The smallest absolute Gasteiger partial charge is 0.347 e. The third-order valence-electron chi connectivity index (χ3n) is 2.29. The van der Waals surface area contributed by atoms with Gasteiger partial charge in [-0.3, -0.25) is 0 Å². The Kier molecular flexibility index (Phi) is 4.08. The maximum absolute atomic E-state index is 10.8. The number of thiazole rings is 1. The maximum Gasteiger partial charge on any atom is 0.347 e.